The maximum absolute atomic E-state index is 12.8. The zero-order chi connectivity index (χ0) is 25.2. The van der Waals surface area contributed by atoms with Crippen LogP contribution in [-0.2, 0) is 10.0 Å². The maximum atomic E-state index is 12.8. The zero-order valence-electron chi connectivity index (χ0n) is 20.0. The number of carbonyl (C=O) groups is 1. The molecule has 1 aliphatic rings. The summed E-state index contributed by atoms with van der Waals surface area (Å²) in [5, 5.41) is 9.86. The van der Waals surface area contributed by atoms with Crippen LogP contribution in [0.25, 0.3) is 0 Å². The monoisotopic (exact) mass is 495 g/mol. The number of hydrogen-bond acceptors (Lipinski definition) is 6. The lowest BCUT2D eigenvalue weighted by Gasteiger charge is -2.38. The molecule has 1 aliphatic heterocycles. The minimum absolute atomic E-state index is 0.0557. The number of nitrogens with zero attached hydrogens (tertiary/aromatic N) is 2. The molecule has 4 rings (SSSR count). The Morgan fingerprint density at radius 3 is 2.14 bits per heavy atom. The van der Waals surface area contributed by atoms with Crippen molar-refractivity contribution < 1.29 is 23.1 Å². The van der Waals surface area contributed by atoms with Gasteiger partial charge in [0, 0.05) is 37.6 Å². The fourth-order valence-electron chi connectivity index (χ4n) is 4.28. The molecule has 1 fully saturated rings. The third-order valence-corrected chi connectivity index (χ3v) is 7.78. The first-order chi connectivity index (χ1) is 16.7. The summed E-state index contributed by atoms with van der Waals surface area (Å²) >= 11 is 0. The first kappa shape index (κ1) is 24.4. The summed E-state index contributed by atoms with van der Waals surface area (Å²) in [6.07, 6.45) is 0. The van der Waals surface area contributed by atoms with E-state index in [2.05, 4.69) is 41.7 Å². The van der Waals surface area contributed by atoms with Gasteiger partial charge < -0.3 is 19.6 Å². The van der Waals surface area contributed by atoms with Gasteiger partial charge in [-0.05, 0) is 73.5 Å². The number of sulfonamides is 1. The molecule has 0 unspecified atom stereocenters. The number of aromatic carboxylic acids is 1. The highest BCUT2D eigenvalue weighted by molar-refractivity contribution is 7.92. The number of methoxy groups -OCH3 is 1. The number of benzene rings is 3. The Morgan fingerprint density at radius 1 is 0.914 bits per heavy atom. The van der Waals surface area contributed by atoms with Crippen LogP contribution in [0, 0.1) is 13.8 Å². The highest BCUT2D eigenvalue weighted by Gasteiger charge is 2.24. The lowest BCUT2D eigenvalue weighted by Crippen LogP contribution is -2.47. The minimum Gasteiger partial charge on any atom is -0.497 e. The van der Waals surface area contributed by atoms with Crippen LogP contribution in [0.5, 0.6) is 5.75 Å². The SMILES string of the molecule is COc1ccc(S(=O)(=O)Nc2ccc(N3CCN(c4cccc(C)c4C)CC3)c(C(=O)O)c2)cc1. The zero-order valence-corrected chi connectivity index (χ0v) is 20.8. The van der Waals surface area contributed by atoms with Crippen molar-refractivity contribution in [2.45, 2.75) is 18.7 Å². The average Bonchev–Trinajstić information content (AvgIpc) is 2.85. The van der Waals surface area contributed by atoms with Crippen LogP contribution in [-0.4, -0.2) is 52.8 Å². The third-order valence-electron chi connectivity index (χ3n) is 6.39. The molecule has 0 bridgehead atoms. The van der Waals surface area contributed by atoms with Crippen LogP contribution in [0.1, 0.15) is 21.5 Å². The van der Waals surface area contributed by atoms with E-state index in [0.29, 0.717) is 24.5 Å². The molecule has 3 aromatic carbocycles. The van der Waals surface area contributed by atoms with E-state index in [9.17, 15) is 18.3 Å². The van der Waals surface area contributed by atoms with Gasteiger partial charge in [-0.3, -0.25) is 4.72 Å². The molecule has 8 nitrogen and oxygen atoms in total. The van der Waals surface area contributed by atoms with E-state index < -0.39 is 16.0 Å². The van der Waals surface area contributed by atoms with E-state index in [1.807, 2.05) is 4.90 Å². The van der Waals surface area contributed by atoms with Crippen LogP contribution >= 0.6 is 0 Å². The van der Waals surface area contributed by atoms with Crippen LogP contribution in [0.2, 0.25) is 0 Å². The summed E-state index contributed by atoms with van der Waals surface area (Å²) in [6.45, 7) is 7.05. The molecule has 1 heterocycles. The number of carboxylic acid groups (broad SMARTS) is 1. The second-order valence-electron chi connectivity index (χ2n) is 8.51. The molecule has 184 valence electrons. The molecule has 0 saturated carbocycles. The predicted octanol–water partition coefficient (Wildman–Crippen LogP) is 4.14. The molecule has 35 heavy (non-hydrogen) atoms. The van der Waals surface area contributed by atoms with Crippen molar-refractivity contribution in [2.24, 2.45) is 0 Å². The minimum atomic E-state index is -3.88. The van der Waals surface area contributed by atoms with E-state index in [4.69, 9.17) is 4.74 Å². The topological polar surface area (TPSA) is 99.2 Å². The van der Waals surface area contributed by atoms with Gasteiger partial charge in [0.2, 0.25) is 0 Å². The van der Waals surface area contributed by atoms with Crippen molar-refractivity contribution in [3.05, 3.63) is 77.4 Å². The average molecular weight is 496 g/mol. The summed E-state index contributed by atoms with van der Waals surface area (Å²) < 4.78 is 33.1. The van der Waals surface area contributed by atoms with E-state index in [1.54, 1.807) is 24.3 Å². The van der Waals surface area contributed by atoms with Crippen molar-refractivity contribution in [2.75, 3.05) is 47.8 Å². The fourth-order valence-corrected chi connectivity index (χ4v) is 5.33. The number of rotatable bonds is 7. The molecular weight excluding hydrogens is 466 g/mol. The molecule has 0 atom stereocenters. The molecule has 2 N–H and O–H groups in total. The normalized spacial score (nSPS) is 14.0. The largest absolute Gasteiger partial charge is 0.497 e. The summed E-state index contributed by atoms with van der Waals surface area (Å²) in [4.78, 5) is 16.5. The first-order valence-corrected chi connectivity index (χ1v) is 12.8. The Morgan fingerprint density at radius 2 is 1.54 bits per heavy atom. The summed E-state index contributed by atoms with van der Waals surface area (Å²) in [6, 6.07) is 16.9. The van der Waals surface area contributed by atoms with Crippen LogP contribution in [0.15, 0.2) is 65.6 Å². The van der Waals surface area contributed by atoms with Gasteiger partial charge in [0.05, 0.1) is 23.3 Å². The lowest BCUT2D eigenvalue weighted by atomic mass is 10.1. The Bertz CT molecular complexity index is 1330. The van der Waals surface area contributed by atoms with Crippen LogP contribution < -0.4 is 19.3 Å². The number of ether oxygens (including phenoxy) is 1. The molecule has 1 saturated heterocycles. The smallest absolute Gasteiger partial charge is 0.337 e. The van der Waals surface area contributed by atoms with Crippen LogP contribution in [0.4, 0.5) is 17.1 Å². The van der Waals surface area contributed by atoms with Gasteiger partial charge in [-0.25, -0.2) is 13.2 Å². The fraction of sp³-hybridized carbons (Fsp3) is 0.269. The first-order valence-electron chi connectivity index (χ1n) is 11.3. The van der Waals surface area contributed by atoms with Gasteiger partial charge in [-0.1, -0.05) is 12.1 Å². The van der Waals surface area contributed by atoms with E-state index in [0.717, 1.165) is 13.1 Å². The lowest BCUT2D eigenvalue weighted by molar-refractivity contribution is 0.0697. The Balaban J connectivity index is 1.52. The van der Waals surface area contributed by atoms with Crippen molar-refractivity contribution in [3.8, 4) is 5.75 Å². The van der Waals surface area contributed by atoms with E-state index in [1.165, 1.54) is 42.1 Å². The molecule has 0 aromatic heterocycles. The van der Waals surface area contributed by atoms with Crippen molar-refractivity contribution in [1.29, 1.82) is 0 Å². The number of carboxylic acids is 1. The molecule has 0 aliphatic carbocycles. The molecule has 0 amide bonds. The van der Waals surface area contributed by atoms with Gasteiger partial charge in [0.25, 0.3) is 10.0 Å². The molecule has 0 spiro atoms. The van der Waals surface area contributed by atoms with Gasteiger partial charge in [0.15, 0.2) is 0 Å². The van der Waals surface area contributed by atoms with Crippen LogP contribution in [0.3, 0.4) is 0 Å². The van der Waals surface area contributed by atoms with Crippen molar-refractivity contribution >= 4 is 33.1 Å². The molecular formula is C26H29N3O5S. The number of anilines is 3. The van der Waals surface area contributed by atoms with Crippen molar-refractivity contribution in [1.82, 2.24) is 0 Å². The number of aryl methyl sites for hydroxylation is 1. The Hall–Kier alpha value is -3.72. The Labute approximate surface area is 205 Å². The third kappa shape index (κ3) is 5.19. The van der Waals surface area contributed by atoms with Gasteiger partial charge >= 0.3 is 5.97 Å². The van der Waals surface area contributed by atoms with Gasteiger partial charge in [0.1, 0.15) is 5.75 Å². The quantitative estimate of drug-likeness (QED) is 0.508. The Kier molecular flexibility index (Phi) is 6.88. The summed E-state index contributed by atoms with van der Waals surface area (Å²) in [5.41, 5.74) is 4.51. The second kappa shape index (κ2) is 9.87. The summed E-state index contributed by atoms with van der Waals surface area (Å²) in [7, 11) is -2.38. The predicted molar refractivity (Wildman–Crippen MR) is 138 cm³/mol. The van der Waals surface area contributed by atoms with E-state index in [-0.39, 0.29) is 16.1 Å². The number of piperazine rings is 1. The van der Waals surface area contributed by atoms with E-state index >= 15 is 0 Å². The molecule has 3 aromatic rings. The number of nitrogens with one attached hydrogen (secondary N) is 1. The number of hydrogen-bond donors (Lipinski definition) is 2. The standard InChI is InChI=1S/C26H29N3O5S/c1-18-5-4-6-24(19(18)2)28-13-15-29(16-14-28)25-12-7-20(17-23(25)26(30)31)27-35(32,33)22-10-8-21(34-3)9-11-22/h4-12,17,27H,13-16H2,1-3H3,(H,30,31). The summed E-state index contributed by atoms with van der Waals surface area (Å²) in [5.74, 6) is -0.568. The maximum Gasteiger partial charge on any atom is 0.337 e. The molecule has 0 radical (unpaired) electrons. The van der Waals surface area contributed by atoms with Gasteiger partial charge in [-0.15, -0.1) is 0 Å². The van der Waals surface area contributed by atoms with Crippen molar-refractivity contribution in [3.63, 3.8) is 0 Å². The van der Waals surface area contributed by atoms with Gasteiger partial charge in [-0.2, -0.15) is 0 Å². The highest BCUT2D eigenvalue weighted by Crippen LogP contribution is 2.29. The molecule has 9 heteroatoms. The second-order valence-corrected chi connectivity index (χ2v) is 10.2. The highest BCUT2D eigenvalue weighted by atomic mass is 32.2.